The third kappa shape index (κ3) is 4.18. The van der Waals surface area contributed by atoms with Crippen LogP contribution in [-0.2, 0) is 11.3 Å². The molecule has 2 rings (SSSR count). The third-order valence-electron chi connectivity index (χ3n) is 3.83. The molecule has 1 aromatic rings. The maximum atomic E-state index is 13.9. The van der Waals surface area contributed by atoms with E-state index in [1.807, 2.05) is 0 Å². The molecular formula is C15H20ClFN2O. The van der Waals surface area contributed by atoms with Crippen LogP contribution in [-0.4, -0.2) is 23.9 Å². The normalized spacial score (nSPS) is 20.0. The minimum absolute atomic E-state index is 0.171. The van der Waals surface area contributed by atoms with Gasteiger partial charge in [0.25, 0.3) is 0 Å². The van der Waals surface area contributed by atoms with Crippen molar-refractivity contribution in [2.75, 3.05) is 13.1 Å². The monoisotopic (exact) mass is 298 g/mol. The van der Waals surface area contributed by atoms with E-state index in [-0.39, 0.29) is 16.7 Å². The third-order valence-corrected chi connectivity index (χ3v) is 4.12. The van der Waals surface area contributed by atoms with Gasteiger partial charge in [0.1, 0.15) is 5.82 Å². The van der Waals surface area contributed by atoms with E-state index >= 15 is 0 Å². The van der Waals surface area contributed by atoms with E-state index in [9.17, 15) is 9.18 Å². The zero-order valence-corrected chi connectivity index (χ0v) is 12.2. The van der Waals surface area contributed by atoms with Crippen molar-refractivity contribution in [1.82, 2.24) is 4.90 Å². The highest BCUT2D eigenvalue weighted by Gasteiger charge is 2.21. The number of carbonyl (C=O) groups excluding carboxylic acids is 1. The molecule has 20 heavy (non-hydrogen) atoms. The van der Waals surface area contributed by atoms with Crippen molar-refractivity contribution in [3.05, 3.63) is 34.6 Å². The van der Waals surface area contributed by atoms with E-state index in [1.54, 1.807) is 18.2 Å². The van der Waals surface area contributed by atoms with Crippen LogP contribution in [0.5, 0.6) is 0 Å². The first kappa shape index (κ1) is 15.3. The summed E-state index contributed by atoms with van der Waals surface area (Å²) in [5.74, 6) is -0.102. The van der Waals surface area contributed by atoms with Crippen LogP contribution < -0.4 is 5.73 Å². The summed E-state index contributed by atoms with van der Waals surface area (Å²) >= 11 is 5.80. The van der Waals surface area contributed by atoms with Gasteiger partial charge in [-0.05, 0) is 37.8 Å². The summed E-state index contributed by atoms with van der Waals surface area (Å²) in [5, 5.41) is 0.171. The molecule has 0 spiro atoms. The van der Waals surface area contributed by atoms with Gasteiger partial charge in [-0.2, -0.15) is 0 Å². The van der Waals surface area contributed by atoms with Crippen molar-refractivity contribution in [1.29, 1.82) is 0 Å². The van der Waals surface area contributed by atoms with Crippen LogP contribution >= 0.6 is 11.6 Å². The Morgan fingerprint density at radius 3 is 3.05 bits per heavy atom. The number of halogens is 2. The summed E-state index contributed by atoms with van der Waals surface area (Å²) in [5.41, 5.74) is 5.82. The first-order chi connectivity index (χ1) is 9.56. The van der Waals surface area contributed by atoms with Crippen LogP contribution in [0.15, 0.2) is 18.2 Å². The van der Waals surface area contributed by atoms with Gasteiger partial charge in [0.2, 0.25) is 5.91 Å². The molecule has 0 aromatic heterocycles. The number of likely N-dealkylation sites (tertiary alicyclic amines) is 1. The fourth-order valence-corrected chi connectivity index (χ4v) is 2.98. The Hall–Kier alpha value is -1.13. The highest BCUT2D eigenvalue weighted by molar-refractivity contribution is 6.30. The van der Waals surface area contributed by atoms with Gasteiger partial charge in [0, 0.05) is 25.1 Å². The zero-order chi connectivity index (χ0) is 14.5. The van der Waals surface area contributed by atoms with E-state index in [4.69, 9.17) is 17.3 Å². The average molecular weight is 299 g/mol. The Morgan fingerprint density at radius 2 is 2.30 bits per heavy atom. The van der Waals surface area contributed by atoms with Crippen molar-refractivity contribution in [2.24, 2.45) is 11.7 Å². The first-order valence-corrected chi connectivity index (χ1v) is 7.37. The van der Waals surface area contributed by atoms with Crippen LogP contribution in [0.2, 0.25) is 5.02 Å². The number of piperidine rings is 1. The molecule has 1 unspecified atom stereocenters. The largest absolute Gasteiger partial charge is 0.370 e. The summed E-state index contributed by atoms with van der Waals surface area (Å²) in [6.45, 7) is 2.41. The Kier molecular flexibility index (Phi) is 5.38. The number of benzene rings is 1. The number of nitrogens with two attached hydrogens (primary N) is 1. The molecule has 0 saturated carbocycles. The standard InChI is InChI=1S/C15H20ClFN2O/c16-13-5-1-4-12(15(13)17)10-19-8-2-3-11(9-19)6-7-14(18)20/h1,4-5,11H,2-3,6-10H2,(H2,18,20). The predicted octanol–water partition coefficient (Wildman–Crippen LogP) is 2.96. The van der Waals surface area contributed by atoms with Gasteiger partial charge in [-0.3, -0.25) is 9.69 Å². The summed E-state index contributed by atoms with van der Waals surface area (Å²) in [4.78, 5) is 13.1. The molecule has 1 saturated heterocycles. The summed E-state index contributed by atoms with van der Waals surface area (Å²) in [7, 11) is 0. The van der Waals surface area contributed by atoms with Crippen molar-refractivity contribution >= 4 is 17.5 Å². The highest BCUT2D eigenvalue weighted by Crippen LogP contribution is 2.24. The number of carbonyl (C=O) groups is 1. The average Bonchev–Trinajstić information content (AvgIpc) is 2.42. The fourth-order valence-electron chi connectivity index (χ4n) is 2.79. The van der Waals surface area contributed by atoms with E-state index in [1.165, 1.54) is 0 Å². The SMILES string of the molecule is NC(=O)CCC1CCCN(Cc2cccc(Cl)c2F)C1. The number of primary amides is 1. The number of rotatable bonds is 5. The Labute approximate surface area is 123 Å². The van der Waals surface area contributed by atoms with Gasteiger partial charge in [-0.1, -0.05) is 23.7 Å². The molecule has 1 aliphatic heterocycles. The van der Waals surface area contributed by atoms with E-state index < -0.39 is 0 Å². The lowest BCUT2D eigenvalue weighted by atomic mass is 9.93. The minimum atomic E-state index is -0.326. The number of hydrogen-bond donors (Lipinski definition) is 1. The van der Waals surface area contributed by atoms with E-state index in [0.29, 0.717) is 24.4 Å². The summed E-state index contributed by atoms with van der Waals surface area (Å²) < 4.78 is 13.9. The van der Waals surface area contributed by atoms with Crippen LogP contribution in [0.4, 0.5) is 4.39 Å². The van der Waals surface area contributed by atoms with Gasteiger partial charge in [0.05, 0.1) is 5.02 Å². The molecule has 1 fully saturated rings. The van der Waals surface area contributed by atoms with Crippen molar-refractivity contribution in [3.63, 3.8) is 0 Å². The summed E-state index contributed by atoms with van der Waals surface area (Å²) in [6, 6.07) is 5.11. The lowest BCUT2D eigenvalue weighted by Gasteiger charge is -2.32. The smallest absolute Gasteiger partial charge is 0.217 e. The molecule has 1 aliphatic rings. The molecule has 1 heterocycles. The minimum Gasteiger partial charge on any atom is -0.370 e. The molecule has 0 bridgehead atoms. The predicted molar refractivity (Wildman–Crippen MR) is 77.8 cm³/mol. The number of nitrogens with zero attached hydrogens (tertiary/aromatic N) is 1. The molecule has 2 N–H and O–H groups in total. The maximum Gasteiger partial charge on any atom is 0.217 e. The molecule has 110 valence electrons. The molecule has 5 heteroatoms. The van der Waals surface area contributed by atoms with Crippen molar-refractivity contribution in [3.8, 4) is 0 Å². The van der Waals surface area contributed by atoms with Crippen LogP contribution in [0.25, 0.3) is 0 Å². The number of amides is 1. The molecule has 0 radical (unpaired) electrons. The second kappa shape index (κ2) is 7.04. The lowest BCUT2D eigenvalue weighted by Crippen LogP contribution is -2.35. The quantitative estimate of drug-likeness (QED) is 0.908. The second-order valence-corrected chi connectivity index (χ2v) is 5.87. The fraction of sp³-hybridized carbons (Fsp3) is 0.533. The van der Waals surface area contributed by atoms with Crippen LogP contribution in [0.3, 0.4) is 0 Å². The molecule has 1 aromatic carbocycles. The van der Waals surface area contributed by atoms with E-state index in [2.05, 4.69) is 4.90 Å². The van der Waals surface area contributed by atoms with Gasteiger partial charge in [-0.15, -0.1) is 0 Å². The number of hydrogen-bond acceptors (Lipinski definition) is 2. The highest BCUT2D eigenvalue weighted by atomic mass is 35.5. The molecule has 1 atom stereocenters. The van der Waals surface area contributed by atoms with Crippen LogP contribution in [0.1, 0.15) is 31.2 Å². The Morgan fingerprint density at radius 1 is 1.50 bits per heavy atom. The van der Waals surface area contributed by atoms with Crippen molar-refractivity contribution in [2.45, 2.75) is 32.2 Å². The Bertz CT molecular complexity index is 481. The Balaban J connectivity index is 1.92. The van der Waals surface area contributed by atoms with E-state index in [0.717, 1.165) is 32.4 Å². The maximum absolute atomic E-state index is 13.9. The second-order valence-electron chi connectivity index (χ2n) is 5.46. The molecule has 1 amide bonds. The van der Waals surface area contributed by atoms with Gasteiger partial charge < -0.3 is 5.73 Å². The van der Waals surface area contributed by atoms with Gasteiger partial charge in [-0.25, -0.2) is 4.39 Å². The molecular weight excluding hydrogens is 279 g/mol. The van der Waals surface area contributed by atoms with Gasteiger partial charge >= 0.3 is 0 Å². The van der Waals surface area contributed by atoms with Crippen molar-refractivity contribution < 1.29 is 9.18 Å². The zero-order valence-electron chi connectivity index (χ0n) is 11.4. The molecule has 3 nitrogen and oxygen atoms in total. The van der Waals surface area contributed by atoms with Crippen LogP contribution in [0, 0.1) is 11.7 Å². The molecule has 0 aliphatic carbocycles. The topological polar surface area (TPSA) is 46.3 Å². The van der Waals surface area contributed by atoms with Gasteiger partial charge in [0.15, 0.2) is 0 Å². The summed E-state index contributed by atoms with van der Waals surface area (Å²) in [6.07, 6.45) is 3.45. The lowest BCUT2D eigenvalue weighted by molar-refractivity contribution is -0.118. The first-order valence-electron chi connectivity index (χ1n) is 7.00.